The Morgan fingerprint density at radius 2 is 1.80 bits per heavy atom. The largest absolute Gasteiger partial charge is 0.481 e. The Morgan fingerprint density at radius 3 is 2.35 bits per heavy atom. The van der Waals surface area contributed by atoms with Crippen LogP contribution in [0, 0.1) is 5.92 Å². The molecule has 0 spiro atoms. The van der Waals surface area contributed by atoms with Crippen molar-refractivity contribution < 1.29 is 18.3 Å². The van der Waals surface area contributed by atoms with Gasteiger partial charge in [-0.1, -0.05) is 19.8 Å². The Labute approximate surface area is 121 Å². The van der Waals surface area contributed by atoms with E-state index in [0.29, 0.717) is 32.4 Å². The molecule has 7 heteroatoms. The van der Waals surface area contributed by atoms with E-state index < -0.39 is 16.2 Å². The van der Waals surface area contributed by atoms with Gasteiger partial charge in [0.2, 0.25) is 0 Å². The summed E-state index contributed by atoms with van der Waals surface area (Å²) in [6, 6.07) is -0.164. The van der Waals surface area contributed by atoms with Crippen molar-refractivity contribution in [3.63, 3.8) is 0 Å². The molecule has 0 aromatic carbocycles. The zero-order chi connectivity index (χ0) is 15.2. The minimum absolute atomic E-state index is 0.164. The highest BCUT2D eigenvalue weighted by molar-refractivity contribution is 7.87. The number of carbonyl (C=O) groups is 1. The molecule has 1 rings (SSSR count). The lowest BCUT2D eigenvalue weighted by Crippen LogP contribution is -2.46. The van der Waals surface area contributed by atoms with Crippen LogP contribution < -0.4 is 4.72 Å². The minimum Gasteiger partial charge on any atom is -0.481 e. The van der Waals surface area contributed by atoms with Crippen LogP contribution in [0.2, 0.25) is 0 Å². The molecule has 0 aliphatic carbocycles. The lowest BCUT2D eigenvalue weighted by atomic mass is 10.0. The molecule has 1 aliphatic rings. The lowest BCUT2D eigenvalue weighted by Gasteiger charge is -2.27. The van der Waals surface area contributed by atoms with Crippen molar-refractivity contribution in [2.45, 2.75) is 58.4 Å². The molecule has 1 fully saturated rings. The molecule has 0 aromatic heterocycles. The Kier molecular flexibility index (Phi) is 6.91. The smallest absolute Gasteiger partial charge is 0.306 e. The third kappa shape index (κ3) is 5.76. The summed E-state index contributed by atoms with van der Waals surface area (Å²) in [7, 11) is -3.38. The van der Waals surface area contributed by atoms with Crippen molar-refractivity contribution in [2.24, 2.45) is 5.92 Å². The van der Waals surface area contributed by atoms with Crippen LogP contribution in [0.1, 0.15) is 52.4 Å². The fourth-order valence-electron chi connectivity index (χ4n) is 2.35. The molecule has 0 amide bonds. The van der Waals surface area contributed by atoms with Gasteiger partial charge in [0.05, 0.1) is 5.92 Å². The summed E-state index contributed by atoms with van der Waals surface area (Å²) >= 11 is 0. The van der Waals surface area contributed by atoms with Crippen LogP contribution in [0.5, 0.6) is 0 Å². The molecule has 0 bridgehead atoms. The molecule has 118 valence electrons. The van der Waals surface area contributed by atoms with E-state index in [1.54, 1.807) is 6.92 Å². The number of hydrogen-bond donors (Lipinski definition) is 2. The van der Waals surface area contributed by atoms with Crippen molar-refractivity contribution in [1.29, 1.82) is 0 Å². The van der Waals surface area contributed by atoms with Crippen LogP contribution >= 0.6 is 0 Å². The minimum atomic E-state index is -3.38. The topological polar surface area (TPSA) is 86.7 Å². The first-order valence-electron chi connectivity index (χ1n) is 7.33. The quantitative estimate of drug-likeness (QED) is 0.713. The molecule has 6 nitrogen and oxygen atoms in total. The van der Waals surface area contributed by atoms with E-state index in [4.69, 9.17) is 5.11 Å². The summed E-state index contributed by atoms with van der Waals surface area (Å²) in [5.74, 6) is -1.17. The molecule has 2 atom stereocenters. The SMILES string of the molecule is CC(CCCC(C)C(=O)O)NS(=O)(=O)N1CCCCC1. The lowest BCUT2D eigenvalue weighted by molar-refractivity contribution is -0.141. The summed E-state index contributed by atoms with van der Waals surface area (Å²) in [5.41, 5.74) is 0. The van der Waals surface area contributed by atoms with E-state index in [9.17, 15) is 13.2 Å². The molecule has 0 saturated carbocycles. The zero-order valence-electron chi connectivity index (χ0n) is 12.3. The molecule has 0 radical (unpaired) electrons. The van der Waals surface area contributed by atoms with Crippen LogP contribution in [-0.2, 0) is 15.0 Å². The van der Waals surface area contributed by atoms with Crippen LogP contribution in [0.3, 0.4) is 0 Å². The summed E-state index contributed by atoms with van der Waals surface area (Å²) in [6.07, 6.45) is 4.87. The monoisotopic (exact) mass is 306 g/mol. The van der Waals surface area contributed by atoms with Gasteiger partial charge in [0.15, 0.2) is 0 Å². The maximum atomic E-state index is 12.1. The van der Waals surface area contributed by atoms with Crippen LogP contribution in [0.15, 0.2) is 0 Å². The van der Waals surface area contributed by atoms with Gasteiger partial charge in [-0.25, -0.2) is 0 Å². The van der Waals surface area contributed by atoms with E-state index in [0.717, 1.165) is 19.3 Å². The predicted octanol–water partition coefficient (Wildman–Crippen LogP) is 1.59. The second kappa shape index (κ2) is 7.95. The van der Waals surface area contributed by atoms with E-state index in [1.165, 1.54) is 4.31 Å². The van der Waals surface area contributed by atoms with Gasteiger partial charge in [-0.05, 0) is 32.6 Å². The van der Waals surface area contributed by atoms with Crippen LogP contribution in [-0.4, -0.2) is 42.9 Å². The second-order valence-electron chi connectivity index (χ2n) is 5.65. The van der Waals surface area contributed by atoms with Crippen LogP contribution in [0.4, 0.5) is 0 Å². The zero-order valence-corrected chi connectivity index (χ0v) is 13.2. The van der Waals surface area contributed by atoms with Gasteiger partial charge in [0.1, 0.15) is 0 Å². The molecule has 1 heterocycles. The predicted molar refractivity (Wildman–Crippen MR) is 77.6 cm³/mol. The number of rotatable bonds is 8. The average Bonchev–Trinajstić information content (AvgIpc) is 2.39. The third-order valence-corrected chi connectivity index (χ3v) is 5.45. The Hall–Kier alpha value is -0.660. The standard InChI is InChI=1S/C13H26N2O4S/c1-11(13(16)17)7-6-8-12(2)14-20(18,19)15-9-4-3-5-10-15/h11-12,14H,3-10H2,1-2H3,(H,16,17). The van der Waals surface area contributed by atoms with Gasteiger partial charge in [0, 0.05) is 19.1 Å². The maximum Gasteiger partial charge on any atom is 0.306 e. The van der Waals surface area contributed by atoms with Gasteiger partial charge >= 0.3 is 5.97 Å². The Balaban J connectivity index is 2.33. The Bertz CT molecular complexity index is 405. The summed E-state index contributed by atoms with van der Waals surface area (Å²) < 4.78 is 28.4. The third-order valence-electron chi connectivity index (χ3n) is 3.70. The molecule has 1 aliphatic heterocycles. The highest BCUT2D eigenvalue weighted by Gasteiger charge is 2.25. The average molecular weight is 306 g/mol. The molecule has 20 heavy (non-hydrogen) atoms. The van der Waals surface area contributed by atoms with E-state index >= 15 is 0 Å². The first-order valence-corrected chi connectivity index (χ1v) is 8.77. The number of piperidine rings is 1. The highest BCUT2D eigenvalue weighted by atomic mass is 32.2. The van der Waals surface area contributed by atoms with Gasteiger partial charge in [0.25, 0.3) is 10.2 Å². The van der Waals surface area contributed by atoms with Crippen molar-refractivity contribution in [1.82, 2.24) is 9.03 Å². The second-order valence-corrected chi connectivity index (χ2v) is 7.36. The molecular formula is C13H26N2O4S. The summed E-state index contributed by atoms with van der Waals surface area (Å²) in [5, 5.41) is 8.79. The number of nitrogens with one attached hydrogen (secondary N) is 1. The number of aliphatic carboxylic acids is 1. The van der Waals surface area contributed by atoms with E-state index in [2.05, 4.69) is 4.72 Å². The molecule has 2 unspecified atom stereocenters. The first kappa shape index (κ1) is 17.4. The number of nitrogens with zero attached hydrogens (tertiary/aromatic N) is 1. The molecular weight excluding hydrogens is 280 g/mol. The first-order chi connectivity index (χ1) is 9.33. The highest BCUT2D eigenvalue weighted by Crippen LogP contribution is 2.14. The molecule has 0 aromatic rings. The summed E-state index contributed by atoms with van der Waals surface area (Å²) in [4.78, 5) is 10.7. The van der Waals surface area contributed by atoms with Crippen molar-refractivity contribution in [2.75, 3.05) is 13.1 Å². The van der Waals surface area contributed by atoms with E-state index in [1.807, 2.05) is 6.92 Å². The molecule has 1 saturated heterocycles. The van der Waals surface area contributed by atoms with Gasteiger partial charge in [-0.3, -0.25) is 4.79 Å². The van der Waals surface area contributed by atoms with Gasteiger partial charge in [-0.2, -0.15) is 17.4 Å². The van der Waals surface area contributed by atoms with Gasteiger partial charge < -0.3 is 5.11 Å². The fraction of sp³-hybridized carbons (Fsp3) is 0.923. The number of carboxylic acids is 1. The van der Waals surface area contributed by atoms with E-state index in [-0.39, 0.29) is 12.0 Å². The van der Waals surface area contributed by atoms with Crippen molar-refractivity contribution >= 4 is 16.2 Å². The number of hydrogen-bond acceptors (Lipinski definition) is 3. The van der Waals surface area contributed by atoms with Gasteiger partial charge in [-0.15, -0.1) is 0 Å². The summed E-state index contributed by atoms with van der Waals surface area (Å²) in [6.45, 7) is 4.69. The van der Waals surface area contributed by atoms with Crippen molar-refractivity contribution in [3.8, 4) is 0 Å². The maximum absolute atomic E-state index is 12.1. The molecule has 2 N–H and O–H groups in total. The normalized spacial score (nSPS) is 20.5. The Morgan fingerprint density at radius 1 is 1.20 bits per heavy atom. The van der Waals surface area contributed by atoms with Crippen molar-refractivity contribution in [3.05, 3.63) is 0 Å². The number of carboxylic acid groups (broad SMARTS) is 1. The van der Waals surface area contributed by atoms with Crippen LogP contribution in [0.25, 0.3) is 0 Å². The fourth-order valence-corrected chi connectivity index (χ4v) is 3.86.